The van der Waals surface area contributed by atoms with Crippen molar-refractivity contribution in [1.29, 1.82) is 0 Å². The van der Waals surface area contributed by atoms with Gasteiger partial charge in [-0.25, -0.2) is 13.6 Å². The summed E-state index contributed by atoms with van der Waals surface area (Å²) in [6, 6.07) is 0.773. The van der Waals surface area contributed by atoms with E-state index in [9.17, 15) is 8.42 Å². The van der Waals surface area contributed by atoms with Gasteiger partial charge in [-0.2, -0.15) is 0 Å². The molecule has 5 nitrogen and oxygen atoms in total. The highest BCUT2D eigenvalue weighted by molar-refractivity contribution is 7.89. The molecule has 0 aromatic heterocycles. The fraction of sp³-hybridized carbons (Fsp3) is 1.00. The fourth-order valence-corrected chi connectivity index (χ4v) is 2.03. The number of nitrogens with zero attached hydrogens (tertiary/aromatic N) is 1. The normalized spacial score (nSPS) is 17.3. The van der Waals surface area contributed by atoms with Gasteiger partial charge in [0.2, 0.25) is 10.0 Å². The van der Waals surface area contributed by atoms with E-state index in [1.54, 1.807) is 0 Å². The van der Waals surface area contributed by atoms with Crippen molar-refractivity contribution in [3.8, 4) is 0 Å². The Bertz CT molecular complexity index is 275. The van der Waals surface area contributed by atoms with Gasteiger partial charge in [-0.15, -0.1) is 0 Å². The van der Waals surface area contributed by atoms with Crippen molar-refractivity contribution in [2.24, 2.45) is 5.14 Å². The SMILES string of the molecule is CCN(CCNCCS(N)(=O)=O)C1CC1. The van der Waals surface area contributed by atoms with Crippen molar-refractivity contribution in [3.05, 3.63) is 0 Å². The van der Waals surface area contributed by atoms with Gasteiger partial charge in [-0.1, -0.05) is 6.92 Å². The molecule has 0 aromatic carbocycles. The van der Waals surface area contributed by atoms with Crippen molar-refractivity contribution in [2.75, 3.05) is 31.9 Å². The Morgan fingerprint density at radius 2 is 2.07 bits per heavy atom. The monoisotopic (exact) mass is 235 g/mol. The molecule has 0 heterocycles. The molecule has 3 N–H and O–H groups in total. The van der Waals surface area contributed by atoms with Gasteiger partial charge >= 0.3 is 0 Å². The molecule has 1 saturated carbocycles. The molecule has 0 bridgehead atoms. The molecule has 0 amide bonds. The minimum absolute atomic E-state index is 0.0164. The average molecular weight is 235 g/mol. The van der Waals surface area contributed by atoms with Gasteiger partial charge in [0.15, 0.2) is 0 Å². The van der Waals surface area contributed by atoms with Crippen molar-refractivity contribution in [1.82, 2.24) is 10.2 Å². The predicted octanol–water partition coefficient (Wildman–Crippen LogP) is -0.651. The zero-order valence-corrected chi connectivity index (χ0v) is 10.1. The van der Waals surface area contributed by atoms with Crippen LogP contribution in [0.5, 0.6) is 0 Å². The number of hydrogen-bond donors (Lipinski definition) is 2. The topological polar surface area (TPSA) is 75.4 Å². The molecular weight excluding hydrogens is 214 g/mol. The van der Waals surface area contributed by atoms with Crippen LogP contribution >= 0.6 is 0 Å². The summed E-state index contributed by atoms with van der Waals surface area (Å²) in [5, 5.41) is 7.97. The van der Waals surface area contributed by atoms with E-state index in [1.165, 1.54) is 12.8 Å². The second-order valence-electron chi connectivity index (χ2n) is 3.98. The second-order valence-corrected chi connectivity index (χ2v) is 5.71. The standard InChI is InChI=1S/C9H21N3O2S/c1-2-12(9-3-4-9)7-5-11-6-8-15(10,13)14/h9,11H,2-8H2,1H3,(H2,10,13,14). The highest BCUT2D eigenvalue weighted by atomic mass is 32.2. The fourth-order valence-electron chi connectivity index (χ4n) is 1.60. The molecule has 0 atom stereocenters. The van der Waals surface area contributed by atoms with E-state index in [1.807, 2.05) is 0 Å². The molecule has 1 rings (SSSR count). The van der Waals surface area contributed by atoms with E-state index in [4.69, 9.17) is 5.14 Å². The van der Waals surface area contributed by atoms with Crippen LogP contribution in [0.15, 0.2) is 0 Å². The number of primary sulfonamides is 1. The van der Waals surface area contributed by atoms with Crippen LogP contribution in [0.1, 0.15) is 19.8 Å². The number of nitrogens with two attached hydrogens (primary N) is 1. The Balaban J connectivity index is 2.00. The molecular formula is C9H21N3O2S. The molecule has 0 aromatic rings. The Morgan fingerprint density at radius 3 is 2.53 bits per heavy atom. The number of likely N-dealkylation sites (N-methyl/N-ethyl adjacent to an activating group) is 1. The molecule has 90 valence electrons. The summed E-state index contributed by atoms with van der Waals surface area (Å²) in [7, 11) is -3.31. The summed E-state index contributed by atoms with van der Waals surface area (Å²) in [6.07, 6.45) is 2.62. The number of nitrogens with one attached hydrogen (secondary N) is 1. The largest absolute Gasteiger partial charge is 0.314 e. The van der Waals surface area contributed by atoms with E-state index in [0.29, 0.717) is 6.54 Å². The van der Waals surface area contributed by atoms with Crippen LogP contribution < -0.4 is 10.5 Å². The molecule has 1 aliphatic rings. The first kappa shape index (κ1) is 12.9. The summed E-state index contributed by atoms with van der Waals surface area (Å²) in [6.45, 7) is 5.50. The Morgan fingerprint density at radius 1 is 1.40 bits per heavy atom. The van der Waals surface area contributed by atoms with Crippen LogP contribution in [0.2, 0.25) is 0 Å². The zero-order valence-electron chi connectivity index (χ0n) is 9.28. The molecule has 0 saturated heterocycles. The van der Waals surface area contributed by atoms with E-state index in [0.717, 1.165) is 25.7 Å². The smallest absolute Gasteiger partial charge is 0.210 e. The van der Waals surface area contributed by atoms with Crippen LogP contribution in [0.3, 0.4) is 0 Å². The second kappa shape index (κ2) is 5.79. The summed E-state index contributed by atoms with van der Waals surface area (Å²) < 4.78 is 21.3. The highest BCUT2D eigenvalue weighted by Gasteiger charge is 2.26. The third-order valence-electron chi connectivity index (χ3n) is 2.61. The van der Waals surface area contributed by atoms with E-state index in [2.05, 4.69) is 17.1 Å². The van der Waals surface area contributed by atoms with E-state index < -0.39 is 10.0 Å². The van der Waals surface area contributed by atoms with E-state index >= 15 is 0 Å². The lowest BCUT2D eigenvalue weighted by Gasteiger charge is -2.19. The van der Waals surface area contributed by atoms with Crippen LogP contribution in [0.4, 0.5) is 0 Å². The van der Waals surface area contributed by atoms with Crippen molar-refractivity contribution in [2.45, 2.75) is 25.8 Å². The van der Waals surface area contributed by atoms with Crippen molar-refractivity contribution < 1.29 is 8.42 Å². The van der Waals surface area contributed by atoms with Gasteiger partial charge in [0.25, 0.3) is 0 Å². The lowest BCUT2D eigenvalue weighted by molar-refractivity contribution is 0.278. The molecule has 1 fully saturated rings. The molecule has 15 heavy (non-hydrogen) atoms. The molecule has 0 unspecified atom stereocenters. The minimum atomic E-state index is -3.31. The van der Waals surface area contributed by atoms with Gasteiger partial charge in [0, 0.05) is 25.7 Å². The first-order valence-electron chi connectivity index (χ1n) is 5.48. The van der Waals surface area contributed by atoms with Gasteiger partial charge in [0.1, 0.15) is 0 Å². The summed E-state index contributed by atoms with van der Waals surface area (Å²) >= 11 is 0. The molecule has 0 radical (unpaired) electrons. The van der Waals surface area contributed by atoms with Gasteiger partial charge in [-0.05, 0) is 19.4 Å². The third kappa shape index (κ3) is 6.09. The van der Waals surface area contributed by atoms with E-state index in [-0.39, 0.29) is 5.75 Å². The third-order valence-corrected chi connectivity index (χ3v) is 3.38. The molecule has 0 spiro atoms. The quantitative estimate of drug-likeness (QED) is 0.548. The molecule has 1 aliphatic carbocycles. The van der Waals surface area contributed by atoms with Gasteiger partial charge in [-0.3, -0.25) is 4.90 Å². The summed E-state index contributed by atoms with van der Waals surface area (Å²) in [5.41, 5.74) is 0. The maximum Gasteiger partial charge on any atom is 0.210 e. The van der Waals surface area contributed by atoms with Crippen LogP contribution in [-0.4, -0.2) is 51.3 Å². The van der Waals surface area contributed by atoms with Crippen LogP contribution in [0, 0.1) is 0 Å². The Labute approximate surface area is 92.1 Å². The van der Waals surface area contributed by atoms with Crippen molar-refractivity contribution >= 4 is 10.0 Å². The number of hydrogen-bond acceptors (Lipinski definition) is 4. The van der Waals surface area contributed by atoms with Gasteiger partial charge in [0.05, 0.1) is 5.75 Å². The maximum atomic E-state index is 10.6. The average Bonchev–Trinajstić information content (AvgIpc) is 2.92. The predicted molar refractivity (Wildman–Crippen MR) is 61.1 cm³/mol. The molecule has 0 aliphatic heterocycles. The van der Waals surface area contributed by atoms with Crippen LogP contribution in [0.25, 0.3) is 0 Å². The minimum Gasteiger partial charge on any atom is -0.314 e. The maximum absolute atomic E-state index is 10.6. The number of rotatable bonds is 8. The lowest BCUT2D eigenvalue weighted by Crippen LogP contribution is -2.35. The van der Waals surface area contributed by atoms with Gasteiger partial charge < -0.3 is 5.32 Å². The lowest BCUT2D eigenvalue weighted by atomic mass is 10.4. The first-order chi connectivity index (χ1) is 7.03. The number of sulfonamides is 1. The van der Waals surface area contributed by atoms with Crippen LogP contribution in [-0.2, 0) is 10.0 Å². The summed E-state index contributed by atoms with van der Waals surface area (Å²) in [4.78, 5) is 2.42. The Hall–Kier alpha value is -0.170. The first-order valence-corrected chi connectivity index (χ1v) is 7.19. The zero-order chi connectivity index (χ0) is 11.3. The highest BCUT2D eigenvalue weighted by Crippen LogP contribution is 2.25. The molecule has 6 heteroatoms. The van der Waals surface area contributed by atoms with Crippen molar-refractivity contribution in [3.63, 3.8) is 0 Å². The Kier molecular flexibility index (Phi) is 4.98. The summed E-state index contributed by atoms with van der Waals surface area (Å²) in [5.74, 6) is 0.0164.